The summed E-state index contributed by atoms with van der Waals surface area (Å²) in [5.74, 6) is -0.535. The average Bonchev–Trinajstić information content (AvgIpc) is 2.44. The monoisotopic (exact) mass is 112 g/mol. The molecule has 8 heavy (non-hydrogen) atoms. The number of hydrogen-bond acceptors (Lipinski definition) is 2. The molecule has 0 aromatic rings. The summed E-state index contributed by atoms with van der Waals surface area (Å²) in [5, 5.41) is 0. The molecule has 3 heteroatoms. The van der Waals surface area contributed by atoms with Crippen LogP contribution in [0.1, 0.15) is 12.8 Å². The van der Waals surface area contributed by atoms with Gasteiger partial charge in [0.2, 0.25) is 12.2 Å². The quantitative estimate of drug-likeness (QED) is 0.483. The zero-order valence-electron chi connectivity index (χ0n) is 4.31. The molecule has 0 atom stereocenters. The summed E-state index contributed by atoms with van der Waals surface area (Å²) in [6.07, 6.45) is 2.81. The van der Waals surface area contributed by atoms with Gasteiger partial charge in [-0.3, -0.25) is 9.59 Å². The lowest BCUT2D eigenvalue weighted by Gasteiger charge is -1.93. The maximum atomic E-state index is 10.3. The van der Waals surface area contributed by atoms with Crippen LogP contribution in [0.2, 0.25) is 0 Å². The molecular formula is C5H6NO2. The van der Waals surface area contributed by atoms with Crippen molar-refractivity contribution in [1.29, 1.82) is 0 Å². The number of primary amides is 1. The summed E-state index contributed by atoms with van der Waals surface area (Å²) in [4.78, 5) is 20.2. The molecule has 0 bridgehead atoms. The third-order valence-electron chi connectivity index (χ3n) is 1.42. The smallest absolute Gasteiger partial charge is 0.231 e. The van der Waals surface area contributed by atoms with Crippen molar-refractivity contribution >= 4 is 12.2 Å². The highest BCUT2D eigenvalue weighted by Gasteiger charge is 2.49. The molecule has 0 saturated heterocycles. The summed E-state index contributed by atoms with van der Waals surface area (Å²) in [7, 11) is 0. The van der Waals surface area contributed by atoms with Gasteiger partial charge in [-0.15, -0.1) is 0 Å². The van der Waals surface area contributed by atoms with E-state index >= 15 is 0 Å². The molecule has 3 nitrogen and oxygen atoms in total. The fourth-order valence-electron chi connectivity index (χ4n) is 0.524. The van der Waals surface area contributed by atoms with Crippen LogP contribution >= 0.6 is 0 Å². The lowest BCUT2D eigenvalue weighted by Crippen LogP contribution is -2.25. The van der Waals surface area contributed by atoms with Gasteiger partial charge < -0.3 is 5.73 Å². The van der Waals surface area contributed by atoms with Crippen LogP contribution in [0.25, 0.3) is 0 Å². The highest BCUT2D eigenvalue weighted by Crippen LogP contribution is 2.42. The van der Waals surface area contributed by atoms with Gasteiger partial charge in [-0.1, -0.05) is 0 Å². The van der Waals surface area contributed by atoms with Crippen molar-refractivity contribution in [3.63, 3.8) is 0 Å². The van der Waals surface area contributed by atoms with E-state index in [0.29, 0.717) is 12.8 Å². The lowest BCUT2D eigenvalue weighted by atomic mass is 10.1. The molecule has 1 aliphatic carbocycles. The Labute approximate surface area is 46.9 Å². The zero-order valence-corrected chi connectivity index (χ0v) is 4.31. The van der Waals surface area contributed by atoms with Gasteiger partial charge in [0.05, 0.1) is 0 Å². The minimum absolute atomic E-state index is 0.535. The Morgan fingerprint density at radius 3 is 2.12 bits per heavy atom. The highest BCUT2D eigenvalue weighted by atomic mass is 16.2. The normalized spacial score (nSPS) is 22.0. The molecule has 0 unspecified atom stereocenters. The van der Waals surface area contributed by atoms with Crippen LogP contribution in [0.4, 0.5) is 0 Å². The van der Waals surface area contributed by atoms with Gasteiger partial charge in [-0.05, 0) is 12.8 Å². The minimum atomic E-state index is -0.875. The summed E-state index contributed by atoms with van der Waals surface area (Å²) >= 11 is 0. The van der Waals surface area contributed by atoms with Gasteiger partial charge in [-0.2, -0.15) is 0 Å². The van der Waals surface area contributed by atoms with Crippen molar-refractivity contribution in [3.05, 3.63) is 0 Å². The van der Waals surface area contributed by atoms with E-state index in [-0.39, 0.29) is 0 Å². The van der Waals surface area contributed by atoms with E-state index in [1.165, 1.54) is 0 Å². The van der Waals surface area contributed by atoms with E-state index in [9.17, 15) is 9.59 Å². The Balaban J connectivity index is 2.66. The first kappa shape index (κ1) is 5.28. The van der Waals surface area contributed by atoms with Gasteiger partial charge >= 0.3 is 0 Å². The second-order valence-electron chi connectivity index (χ2n) is 2.05. The topological polar surface area (TPSA) is 60.2 Å². The molecule has 1 saturated carbocycles. The van der Waals surface area contributed by atoms with Gasteiger partial charge in [0, 0.05) is 0 Å². The molecule has 1 radical (unpaired) electrons. The molecular weight excluding hydrogens is 106 g/mol. The Morgan fingerprint density at radius 2 is 2.12 bits per heavy atom. The molecule has 0 aliphatic heterocycles. The largest absolute Gasteiger partial charge is 0.369 e. The maximum absolute atomic E-state index is 10.3. The number of hydrogen-bond donors (Lipinski definition) is 1. The Kier molecular flexibility index (Phi) is 0.863. The first-order valence-corrected chi connectivity index (χ1v) is 2.40. The van der Waals surface area contributed by atoms with E-state index in [1.807, 2.05) is 0 Å². The Morgan fingerprint density at radius 1 is 1.62 bits per heavy atom. The van der Waals surface area contributed by atoms with Gasteiger partial charge in [-0.25, -0.2) is 0 Å². The molecule has 1 aliphatic rings. The van der Waals surface area contributed by atoms with Crippen molar-refractivity contribution in [2.75, 3.05) is 0 Å². The fraction of sp³-hybridized carbons (Fsp3) is 0.600. The predicted molar refractivity (Wildman–Crippen MR) is 26.6 cm³/mol. The lowest BCUT2D eigenvalue weighted by molar-refractivity contribution is -0.120. The maximum Gasteiger partial charge on any atom is 0.231 e. The summed E-state index contributed by atoms with van der Waals surface area (Å²) in [6.45, 7) is 0. The van der Waals surface area contributed by atoms with Crippen LogP contribution in [0, 0.1) is 5.41 Å². The van der Waals surface area contributed by atoms with E-state index < -0.39 is 11.3 Å². The second kappa shape index (κ2) is 1.31. The Hall–Kier alpha value is -0.860. The van der Waals surface area contributed by atoms with Crippen molar-refractivity contribution in [1.82, 2.24) is 0 Å². The molecule has 1 fully saturated rings. The van der Waals surface area contributed by atoms with E-state index in [1.54, 1.807) is 6.29 Å². The van der Waals surface area contributed by atoms with Crippen LogP contribution < -0.4 is 5.73 Å². The molecule has 1 rings (SSSR count). The first-order chi connectivity index (χ1) is 3.71. The van der Waals surface area contributed by atoms with Crippen molar-refractivity contribution in [2.24, 2.45) is 11.1 Å². The molecule has 0 aromatic carbocycles. The molecule has 0 spiro atoms. The van der Waals surface area contributed by atoms with Crippen LogP contribution in [-0.2, 0) is 9.59 Å². The van der Waals surface area contributed by atoms with E-state index in [2.05, 4.69) is 0 Å². The Bertz CT molecular complexity index is 137. The van der Waals surface area contributed by atoms with Gasteiger partial charge in [0.25, 0.3) is 0 Å². The number of carbonyl (C=O) groups excluding carboxylic acids is 2. The first-order valence-electron chi connectivity index (χ1n) is 2.40. The summed E-state index contributed by atoms with van der Waals surface area (Å²) in [6, 6.07) is 0. The number of amides is 1. The van der Waals surface area contributed by atoms with Crippen LogP contribution in [0.5, 0.6) is 0 Å². The summed E-state index contributed by atoms with van der Waals surface area (Å²) < 4.78 is 0. The standard InChI is InChI=1S/C5H6NO2/c6-4(8)5(3-7)1-2-5/h1-2H2,(H2,6,8). The van der Waals surface area contributed by atoms with Crippen molar-refractivity contribution in [3.8, 4) is 0 Å². The molecule has 1 amide bonds. The number of nitrogens with two attached hydrogens (primary N) is 1. The molecule has 0 heterocycles. The van der Waals surface area contributed by atoms with E-state index in [4.69, 9.17) is 5.73 Å². The van der Waals surface area contributed by atoms with E-state index in [0.717, 1.165) is 0 Å². The highest BCUT2D eigenvalue weighted by molar-refractivity contribution is 5.98. The minimum Gasteiger partial charge on any atom is -0.369 e. The summed E-state index contributed by atoms with van der Waals surface area (Å²) in [5.41, 5.74) is 3.97. The van der Waals surface area contributed by atoms with Crippen LogP contribution in [0.15, 0.2) is 0 Å². The van der Waals surface area contributed by atoms with Crippen LogP contribution in [0.3, 0.4) is 0 Å². The van der Waals surface area contributed by atoms with Gasteiger partial charge in [0.15, 0.2) is 0 Å². The number of rotatable bonds is 2. The third kappa shape index (κ3) is 0.510. The molecule has 2 N–H and O–H groups in total. The predicted octanol–water partition coefficient (Wildman–Crippen LogP) is -0.638. The SMILES string of the molecule is NC(=O)C1([C]=O)CC1. The zero-order chi connectivity index (χ0) is 6.20. The van der Waals surface area contributed by atoms with Crippen LogP contribution in [-0.4, -0.2) is 12.2 Å². The fourth-order valence-corrected chi connectivity index (χ4v) is 0.524. The van der Waals surface area contributed by atoms with Crippen molar-refractivity contribution in [2.45, 2.75) is 12.8 Å². The molecule has 43 valence electrons. The molecule has 0 aromatic heterocycles. The number of carbonyl (C=O) groups is 1. The van der Waals surface area contributed by atoms with Crippen molar-refractivity contribution < 1.29 is 9.59 Å². The third-order valence-corrected chi connectivity index (χ3v) is 1.42. The average molecular weight is 112 g/mol. The second-order valence-corrected chi connectivity index (χ2v) is 2.05. The van der Waals surface area contributed by atoms with Gasteiger partial charge in [0.1, 0.15) is 5.41 Å².